The van der Waals surface area contributed by atoms with Gasteiger partial charge >= 0.3 is 0 Å². The van der Waals surface area contributed by atoms with Crippen LogP contribution < -0.4 is 4.74 Å². The zero-order chi connectivity index (χ0) is 14.9. The SMILES string of the molecule is COc1c(Br)cc(Cl)cc1C(O)c1cccc(C)c1F. The number of halogens is 3. The van der Waals surface area contributed by atoms with Crippen LogP contribution in [0.25, 0.3) is 0 Å². The lowest BCUT2D eigenvalue weighted by molar-refractivity contribution is 0.209. The molecular formula is C15H13BrClFO2. The second-order valence-corrected chi connectivity index (χ2v) is 5.68. The maximum atomic E-state index is 14.1. The molecule has 0 heterocycles. The fourth-order valence-electron chi connectivity index (χ4n) is 2.05. The number of hydrogen-bond acceptors (Lipinski definition) is 2. The molecule has 5 heteroatoms. The summed E-state index contributed by atoms with van der Waals surface area (Å²) in [5, 5.41) is 10.9. The predicted molar refractivity (Wildman–Crippen MR) is 80.9 cm³/mol. The number of methoxy groups -OCH3 is 1. The van der Waals surface area contributed by atoms with E-state index in [2.05, 4.69) is 15.9 Å². The van der Waals surface area contributed by atoms with Crippen LogP contribution in [-0.4, -0.2) is 12.2 Å². The Morgan fingerprint density at radius 1 is 1.30 bits per heavy atom. The van der Waals surface area contributed by atoms with Crippen molar-refractivity contribution >= 4 is 27.5 Å². The van der Waals surface area contributed by atoms with E-state index in [1.165, 1.54) is 7.11 Å². The first-order valence-corrected chi connectivity index (χ1v) is 7.08. The molecular weight excluding hydrogens is 347 g/mol. The Balaban J connectivity index is 2.58. The summed E-state index contributed by atoms with van der Waals surface area (Å²) >= 11 is 9.31. The third-order valence-electron chi connectivity index (χ3n) is 3.05. The lowest BCUT2D eigenvalue weighted by atomic mass is 9.98. The highest BCUT2D eigenvalue weighted by Crippen LogP contribution is 2.39. The minimum atomic E-state index is -1.15. The Bertz CT molecular complexity index is 646. The average Bonchev–Trinajstić information content (AvgIpc) is 2.40. The van der Waals surface area contributed by atoms with E-state index >= 15 is 0 Å². The molecule has 0 amide bonds. The number of rotatable bonds is 3. The van der Waals surface area contributed by atoms with Crippen LogP contribution in [-0.2, 0) is 0 Å². The largest absolute Gasteiger partial charge is 0.495 e. The van der Waals surface area contributed by atoms with Gasteiger partial charge in [0.2, 0.25) is 0 Å². The Morgan fingerprint density at radius 3 is 2.65 bits per heavy atom. The van der Waals surface area contributed by atoms with Crippen molar-refractivity contribution in [3.05, 3.63) is 62.3 Å². The number of aliphatic hydroxyl groups excluding tert-OH is 1. The van der Waals surface area contributed by atoms with Gasteiger partial charge in [0.05, 0.1) is 11.6 Å². The quantitative estimate of drug-likeness (QED) is 0.865. The normalized spacial score (nSPS) is 12.3. The molecule has 0 aliphatic heterocycles. The van der Waals surface area contributed by atoms with Gasteiger partial charge in [-0.3, -0.25) is 0 Å². The van der Waals surface area contributed by atoms with Crippen molar-refractivity contribution in [3.8, 4) is 5.75 Å². The molecule has 2 nitrogen and oxygen atoms in total. The summed E-state index contributed by atoms with van der Waals surface area (Å²) in [6, 6.07) is 8.11. The van der Waals surface area contributed by atoms with E-state index < -0.39 is 11.9 Å². The first kappa shape index (κ1) is 15.3. The van der Waals surface area contributed by atoms with Crippen LogP contribution >= 0.6 is 27.5 Å². The van der Waals surface area contributed by atoms with Crippen LogP contribution in [0.5, 0.6) is 5.75 Å². The number of aryl methyl sites for hydroxylation is 1. The monoisotopic (exact) mass is 358 g/mol. The van der Waals surface area contributed by atoms with Gasteiger partial charge in [0.15, 0.2) is 0 Å². The van der Waals surface area contributed by atoms with E-state index in [-0.39, 0.29) is 5.56 Å². The van der Waals surface area contributed by atoms with Crippen molar-refractivity contribution in [2.45, 2.75) is 13.0 Å². The van der Waals surface area contributed by atoms with E-state index in [1.807, 2.05) is 0 Å². The molecule has 2 rings (SSSR count). The highest BCUT2D eigenvalue weighted by atomic mass is 79.9. The molecule has 2 aromatic carbocycles. The lowest BCUT2D eigenvalue weighted by Crippen LogP contribution is -2.06. The Kier molecular flexibility index (Phi) is 4.68. The highest BCUT2D eigenvalue weighted by Gasteiger charge is 2.22. The summed E-state index contributed by atoms with van der Waals surface area (Å²) in [6.45, 7) is 1.65. The molecule has 0 aliphatic carbocycles. The fraction of sp³-hybridized carbons (Fsp3) is 0.200. The topological polar surface area (TPSA) is 29.5 Å². The van der Waals surface area contributed by atoms with Crippen molar-refractivity contribution in [1.82, 2.24) is 0 Å². The van der Waals surface area contributed by atoms with E-state index in [9.17, 15) is 9.50 Å². The van der Waals surface area contributed by atoms with Gasteiger partial charge in [-0.2, -0.15) is 0 Å². The second-order valence-electron chi connectivity index (χ2n) is 4.39. The fourth-order valence-corrected chi connectivity index (χ4v) is 3.04. The van der Waals surface area contributed by atoms with Gasteiger partial charge in [0, 0.05) is 16.1 Å². The summed E-state index contributed by atoms with van der Waals surface area (Å²) in [4.78, 5) is 0. The van der Waals surface area contributed by atoms with Gasteiger partial charge in [0.25, 0.3) is 0 Å². The van der Waals surface area contributed by atoms with Crippen LogP contribution in [0.2, 0.25) is 5.02 Å². The molecule has 0 saturated heterocycles. The number of ether oxygens (including phenoxy) is 1. The van der Waals surface area contributed by atoms with E-state index in [1.54, 1.807) is 37.3 Å². The Labute approximate surface area is 130 Å². The predicted octanol–water partition coefficient (Wildman–Crippen LogP) is 4.64. The zero-order valence-corrected chi connectivity index (χ0v) is 13.3. The Morgan fingerprint density at radius 2 is 2.00 bits per heavy atom. The number of hydrogen-bond donors (Lipinski definition) is 1. The molecule has 0 fully saturated rings. The summed E-state index contributed by atoms with van der Waals surface area (Å²) in [7, 11) is 1.48. The molecule has 106 valence electrons. The van der Waals surface area contributed by atoms with Gasteiger partial charge in [-0.1, -0.05) is 29.8 Å². The molecule has 0 saturated carbocycles. The van der Waals surface area contributed by atoms with Crippen molar-refractivity contribution in [3.63, 3.8) is 0 Å². The molecule has 1 atom stereocenters. The lowest BCUT2D eigenvalue weighted by Gasteiger charge is -2.18. The van der Waals surface area contributed by atoms with E-state index in [4.69, 9.17) is 16.3 Å². The van der Waals surface area contributed by atoms with Gasteiger partial charge < -0.3 is 9.84 Å². The van der Waals surface area contributed by atoms with Gasteiger partial charge in [-0.05, 0) is 40.5 Å². The minimum absolute atomic E-state index is 0.192. The van der Waals surface area contributed by atoms with Crippen molar-refractivity contribution in [2.75, 3.05) is 7.11 Å². The molecule has 1 unspecified atom stereocenters. The van der Waals surface area contributed by atoms with Crippen LogP contribution in [0.3, 0.4) is 0 Å². The second kappa shape index (κ2) is 6.12. The minimum Gasteiger partial charge on any atom is -0.495 e. The first-order valence-electron chi connectivity index (χ1n) is 5.91. The summed E-state index contributed by atoms with van der Waals surface area (Å²) in [6.07, 6.45) is -1.15. The van der Waals surface area contributed by atoms with Gasteiger partial charge in [-0.25, -0.2) is 4.39 Å². The zero-order valence-electron chi connectivity index (χ0n) is 11.0. The smallest absolute Gasteiger partial charge is 0.139 e. The molecule has 2 aromatic rings. The summed E-state index contributed by atoms with van der Waals surface area (Å²) in [5.41, 5.74) is 1.08. The maximum Gasteiger partial charge on any atom is 0.139 e. The van der Waals surface area contributed by atoms with E-state index in [0.717, 1.165) is 0 Å². The van der Waals surface area contributed by atoms with Gasteiger partial charge in [-0.15, -0.1) is 0 Å². The molecule has 0 spiro atoms. The number of aliphatic hydroxyl groups is 1. The molecule has 0 radical (unpaired) electrons. The molecule has 1 N–H and O–H groups in total. The number of benzene rings is 2. The standard InChI is InChI=1S/C15H13BrClFO2/c1-8-4-3-5-10(13(8)18)14(19)11-6-9(17)7-12(16)15(11)20-2/h3-7,14,19H,1-2H3. The third-order valence-corrected chi connectivity index (χ3v) is 3.86. The van der Waals surface area contributed by atoms with Crippen LogP contribution in [0, 0.1) is 12.7 Å². The maximum absolute atomic E-state index is 14.1. The molecule has 0 aliphatic rings. The molecule has 0 bridgehead atoms. The van der Waals surface area contributed by atoms with Crippen molar-refractivity contribution < 1.29 is 14.2 Å². The van der Waals surface area contributed by atoms with Crippen molar-refractivity contribution in [1.29, 1.82) is 0 Å². The van der Waals surface area contributed by atoms with Crippen LogP contribution in [0.1, 0.15) is 22.8 Å². The molecule has 20 heavy (non-hydrogen) atoms. The summed E-state index contributed by atoms with van der Waals surface area (Å²) in [5.74, 6) is 0.000886. The first-order chi connectivity index (χ1) is 9.45. The van der Waals surface area contributed by atoms with Crippen LogP contribution in [0.4, 0.5) is 4.39 Å². The van der Waals surface area contributed by atoms with Gasteiger partial charge in [0.1, 0.15) is 17.7 Å². The third kappa shape index (κ3) is 2.82. The van der Waals surface area contributed by atoms with E-state index in [0.29, 0.717) is 26.4 Å². The average molecular weight is 360 g/mol. The van der Waals surface area contributed by atoms with Crippen molar-refractivity contribution in [2.24, 2.45) is 0 Å². The Hall–Kier alpha value is -1.10. The van der Waals surface area contributed by atoms with Crippen LogP contribution in [0.15, 0.2) is 34.8 Å². The highest BCUT2D eigenvalue weighted by molar-refractivity contribution is 9.10. The summed E-state index contributed by atoms with van der Waals surface area (Å²) < 4.78 is 20.0. The molecule has 0 aromatic heterocycles.